The summed E-state index contributed by atoms with van der Waals surface area (Å²) in [4.78, 5) is 99.3. The topological polar surface area (TPSA) is 257 Å². The van der Waals surface area contributed by atoms with Crippen LogP contribution in [0, 0.1) is 0 Å². The van der Waals surface area contributed by atoms with E-state index in [0.717, 1.165) is 48.5 Å². The van der Waals surface area contributed by atoms with Gasteiger partial charge in [0.25, 0.3) is 0 Å². The van der Waals surface area contributed by atoms with Crippen molar-refractivity contribution in [2.45, 2.75) is 110 Å². The van der Waals surface area contributed by atoms with Gasteiger partial charge in [-0.3, -0.25) is 33.6 Å². The molecule has 0 aromatic heterocycles. The van der Waals surface area contributed by atoms with Crippen molar-refractivity contribution in [2.24, 2.45) is 0 Å². The lowest BCUT2D eigenvalue weighted by atomic mass is 9.97. The van der Waals surface area contributed by atoms with Crippen molar-refractivity contribution >= 4 is 58.5 Å². The second-order valence-electron chi connectivity index (χ2n) is 13.3. The van der Waals surface area contributed by atoms with E-state index in [1.165, 1.54) is 13.2 Å². The van der Waals surface area contributed by atoms with Gasteiger partial charge in [-0.2, -0.15) is 0 Å². The molecule has 0 saturated carbocycles. The Morgan fingerprint density at radius 3 is 1.80 bits per heavy atom. The Bertz CT molecular complexity index is 2010. The van der Waals surface area contributed by atoms with Gasteiger partial charge in [0.2, 0.25) is 12.4 Å². The van der Waals surface area contributed by atoms with Crippen molar-refractivity contribution in [1.82, 2.24) is 0 Å². The first-order valence-electron chi connectivity index (χ1n) is 18.0. The Morgan fingerprint density at radius 1 is 0.661 bits per heavy atom. The molecule has 2 aromatic carbocycles. The van der Waals surface area contributed by atoms with Crippen molar-refractivity contribution in [3.05, 3.63) is 29.3 Å². The first-order chi connectivity index (χ1) is 27.9. The predicted octanol–water partition coefficient (Wildman–Crippen LogP) is 1.51. The molecule has 21 heteroatoms. The summed E-state index contributed by atoms with van der Waals surface area (Å²) in [5.74, 6) is -6.88. The van der Waals surface area contributed by atoms with Gasteiger partial charge in [0.05, 0.1) is 25.7 Å². The molecular formula is C38H42O21. The minimum Gasteiger partial charge on any atom is -0.497 e. The van der Waals surface area contributed by atoms with Gasteiger partial charge in [-0.05, 0) is 17.5 Å². The molecule has 3 aliphatic heterocycles. The van der Waals surface area contributed by atoms with E-state index in [2.05, 4.69) is 0 Å². The van der Waals surface area contributed by atoms with Crippen LogP contribution in [0.15, 0.2) is 18.2 Å². The monoisotopic (exact) mass is 834 g/mol. The molecule has 5 rings (SSSR count). The maximum atomic E-state index is 12.9. The number of hydrogen-bond donors (Lipinski definition) is 0. The quantitative estimate of drug-likeness (QED) is 0.157. The van der Waals surface area contributed by atoms with Gasteiger partial charge >= 0.3 is 47.8 Å². The Labute approximate surface area is 335 Å². The highest BCUT2D eigenvalue weighted by molar-refractivity contribution is 6.07. The number of benzene rings is 2. The molecule has 0 aliphatic carbocycles. The van der Waals surface area contributed by atoms with Crippen LogP contribution in [0.5, 0.6) is 17.2 Å². The summed E-state index contributed by atoms with van der Waals surface area (Å²) in [5.41, 5.74) is 0.341. The molecule has 320 valence electrons. The molecule has 2 saturated heterocycles. The van der Waals surface area contributed by atoms with Gasteiger partial charge in [-0.15, -0.1) is 0 Å². The molecule has 59 heavy (non-hydrogen) atoms. The lowest BCUT2D eigenvalue weighted by Gasteiger charge is -2.45. The maximum absolute atomic E-state index is 12.9. The SMILES string of the molecule is COc1cc(OC2OC(COC3OCC(OC(C)=O)C(OC(C)=O)C3OC(C)=O)C(OC(C)=O)C(OC(C)=O)C2OC(C)=O)c2c(OC(C)=O)c3c(cc2c1)COC3=O. The van der Waals surface area contributed by atoms with Gasteiger partial charge in [-0.25, -0.2) is 4.79 Å². The summed E-state index contributed by atoms with van der Waals surface area (Å²) in [5, 5.41) is 0.406. The van der Waals surface area contributed by atoms with E-state index in [0.29, 0.717) is 10.9 Å². The molecule has 2 fully saturated rings. The Morgan fingerprint density at radius 2 is 1.22 bits per heavy atom. The first-order valence-corrected chi connectivity index (χ1v) is 18.0. The molecule has 0 radical (unpaired) electrons. The third kappa shape index (κ3) is 10.5. The maximum Gasteiger partial charge on any atom is 0.342 e. The summed E-state index contributed by atoms with van der Waals surface area (Å²) in [6.07, 6.45) is -13.9. The largest absolute Gasteiger partial charge is 0.497 e. The molecule has 3 heterocycles. The number of methoxy groups -OCH3 is 1. The third-order valence-electron chi connectivity index (χ3n) is 8.73. The van der Waals surface area contributed by atoms with Gasteiger partial charge in [0.15, 0.2) is 42.6 Å². The van der Waals surface area contributed by atoms with Crippen LogP contribution in [0.25, 0.3) is 10.8 Å². The summed E-state index contributed by atoms with van der Waals surface area (Å²) < 4.78 is 73.6. The second kappa shape index (κ2) is 18.7. The predicted molar refractivity (Wildman–Crippen MR) is 189 cm³/mol. The zero-order valence-corrected chi connectivity index (χ0v) is 33.1. The number of carbonyl (C=O) groups is 8. The molecule has 9 unspecified atom stereocenters. The van der Waals surface area contributed by atoms with Crippen LogP contribution >= 0.6 is 0 Å². The molecular weight excluding hydrogens is 792 g/mol. The van der Waals surface area contributed by atoms with Crippen LogP contribution in [-0.4, -0.2) is 123 Å². The summed E-state index contributed by atoms with van der Waals surface area (Å²) >= 11 is 0. The number of carbonyl (C=O) groups excluding carboxylic acids is 8. The molecule has 9 atom stereocenters. The van der Waals surface area contributed by atoms with E-state index in [1.807, 2.05) is 0 Å². The van der Waals surface area contributed by atoms with E-state index in [9.17, 15) is 38.4 Å². The van der Waals surface area contributed by atoms with E-state index in [4.69, 9.17) is 61.6 Å². The van der Waals surface area contributed by atoms with Crippen LogP contribution in [0.3, 0.4) is 0 Å². The molecule has 3 aliphatic rings. The molecule has 0 N–H and O–H groups in total. The van der Waals surface area contributed by atoms with Gasteiger partial charge in [-0.1, -0.05) is 0 Å². The van der Waals surface area contributed by atoms with Gasteiger partial charge in [0.1, 0.15) is 29.8 Å². The van der Waals surface area contributed by atoms with Crippen LogP contribution in [0.2, 0.25) is 0 Å². The first kappa shape index (κ1) is 44.1. The number of rotatable bonds is 13. The van der Waals surface area contributed by atoms with Gasteiger partial charge in [0, 0.05) is 60.1 Å². The molecule has 0 bridgehead atoms. The molecule has 0 spiro atoms. The fourth-order valence-corrected chi connectivity index (χ4v) is 6.76. The lowest BCUT2D eigenvalue weighted by Crippen LogP contribution is -2.64. The van der Waals surface area contributed by atoms with E-state index in [-0.39, 0.29) is 34.8 Å². The van der Waals surface area contributed by atoms with Crippen LogP contribution in [-0.2, 0) is 87.5 Å². The third-order valence-corrected chi connectivity index (χ3v) is 8.73. The van der Waals surface area contributed by atoms with Crippen LogP contribution in [0.4, 0.5) is 0 Å². The van der Waals surface area contributed by atoms with Crippen molar-refractivity contribution in [2.75, 3.05) is 20.3 Å². The fourth-order valence-electron chi connectivity index (χ4n) is 6.76. The number of ether oxygens (including phenoxy) is 13. The Hall–Kier alpha value is -6.06. The zero-order chi connectivity index (χ0) is 43.3. The number of fused-ring (bicyclic) bond motifs is 2. The smallest absolute Gasteiger partial charge is 0.342 e. The molecule has 0 amide bonds. The summed E-state index contributed by atoms with van der Waals surface area (Å²) in [6.45, 7) is 6.34. The lowest BCUT2D eigenvalue weighted by molar-refractivity contribution is -0.313. The van der Waals surface area contributed by atoms with Crippen molar-refractivity contribution < 1.29 is 99.9 Å². The summed E-state index contributed by atoms with van der Waals surface area (Å²) in [7, 11) is 1.36. The van der Waals surface area contributed by atoms with E-state index in [1.54, 1.807) is 12.1 Å². The number of hydrogen-bond acceptors (Lipinski definition) is 21. The van der Waals surface area contributed by atoms with Crippen LogP contribution < -0.4 is 14.2 Å². The van der Waals surface area contributed by atoms with E-state index >= 15 is 0 Å². The Kier molecular flexibility index (Phi) is 13.9. The van der Waals surface area contributed by atoms with Crippen molar-refractivity contribution in [1.29, 1.82) is 0 Å². The van der Waals surface area contributed by atoms with Crippen molar-refractivity contribution in [3.8, 4) is 17.2 Å². The normalized spacial score (nSPS) is 26.0. The van der Waals surface area contributed by atoms with Gasteiger partial charge < -0.3 is 61.6 Å². The van der Waals surface area contributed by atoms with Crippen molar-refractivity contribution in [3.63, 3.8) is 0 Å². The average molecular weight is 835 g/mol. The minimum absolute atomic E-state index is 0.0550. The van der Waals surface area contributed by atoms with Crippen LogP contribution in [0.1, 0.15) is 64.4 Å². The average Bonchev–Trinajstić information content (AvgIpc) is 3.50. The zero-order valence-electron chi connectivity index (χ0n) is 33.1. The standard InChI is InChI=1S/C38H42O21/c1-15(39)51-26-13-49-37(34(56-20(6)44)31(26)53-17(3)41)50-14-27-30(52-16(2)40)33(55-19(5)43)35(57-21(7)45)38(59-27)58-25-11-24(47-8)10-22-9-23-12-48-36(46)29(23)32(28(22)25)54-18(4)42/h9-11,26-27,30-31,33-35,37-38H,12-14H2,1-8H3. The Balaban J connectivity index is 1.60. The number of esters is 8. The highest BCUT2D eigenvalue weighted by Gasteiger charge is 2.54. The molecule has 21 nitrogen and oxygen atoms in total. The number of cyclic esters (lactones) is 1. The molecule has 2 aromatic rings. The second-order valence-corrected chi connectivity index (χ2v) is 13.3. The minimum atomic E-state index is -1.77. The summed E-state index contributed by atoms with van der Waals surface area (Å²) in [6, 6.07) is 4.52. The fraction of sp³-hybridized carbons (Fsp3) is 0.526. The highest BCUT2D eigenvalue weighted by Crippen LogP contribution is 2.45. The van der Waals surface area contributed by atoms with E-state index < -0.39 is 116 Å². The highest BCUT2D eigenvalue weighted by atomic mass is 16.8.